The molecule has 0 bridgehead atoms. The number of rotatable bonds is 6. The van der Waals surface area contributed by atoms with E-state index in [1.165, 1.54) is 19.2 Å². The van der Waals surface area contributed by atoms with Crippen molar-refractivity contribution in [2.75, 3.05) is 32.2 Å². The molecule has 30 heavy (non-hydrogen) atoms. The normalized spacial score (nSPS) is 11.7. The smallest absolute Gasteiger partial charge is 0.251 e. The number of carbonyl (C=O) groups is 3. The van der Waals surface area contributed by atoms with Gasteiger partial charge in [-0.15, -0.1) is 0 Å². The van der Waals surface area contributed by atoms with Gasteiger partial charge < -0.3 is 25.0 Å². The van der Waals surface area contributed by atoms with Crippen molar-refractivity contribution in [2.24, 2.45) is 0 Å². The predicted molar refractivity (Wildman–Crippen MR) is 97.5 cm³/mol. The highest BCUT2D eigenvalue weighted by molar-refractivity contribution is 5.98. The van der Waals surface area contributed by atoms with E-state index in [1.807, 2.05) is 0 Å². The van der Waals surface area contributed by atoms with Crippen LogP contribution in [0.4, 0.5) is 18.9 Å². The monoisotopic (exact) mass is 423 g/mol. The number of benzene rings is 2. The maximum Gasteiger partial charge on any atom is 0.251 e. The number of amides is 3. The number of fused-ring (bicyclic) bond motifs is 1. The van der Waals surface area contributed by atoms with E-state index in [1.54, 1.807) is 6.07 Å². The number of nitrogens with zero attached hydrogens (tertiary/aromatic N) is 1. The maximum absolute atomic E-state index is 13.6. The molecule has 0 aromatic heterocycles. The minimum Gasteiger partial charge on any atom is -0.454 e. The Labute approximate surface area is 168 Å². The molecule has 8 nitrogen and oxygen atoms in total. The zero-order valence-electron chi connectivity index (χ0n) is 15.6. The quantitative estimate of drug-likeness (QED) is 0.689. The summed E-state index contributed by atoms with van der Waals surface area (Å²) >= 11 is 0. The summed E-state index contributed by atoms with van der Waals surface area (Å²) in [6, 6.07) is 6.05. The molecule has 2 aromatic carbocycles. The molecule has 0 spiro atoms. The van der Waals surface area contributed by atoms with Gasteiger partial charge in [0.1, 0.15) is 0 Å². The first kappa shape index (κ1) is 21.0. The molecule has 2 N–H and O–H groups in total. The summed E-state index contributed by atoms with van der Waals surface area (Å²) in [4.78, 5) is 37.2. The first-order chi connectivity index (χ1) is 14.3. The molecule has 158 valence electrons. The highest BCUT2D eigenvalue weighted by Crippen LogP contribution is 2.32. The molecule has 0 aliphatic carbocycles. The molecule has 11 heteroatoms. The Bertz CT molecular complexity index is 1020. The Balaban J connectivity index is 1.50. The van der Waals surface area contributed by atoms with Crippen LogP contribution in [-0.4, -0.2) is 49.6 Å². The van der Waals surface area contributed by atoms with E-state index >= 15 is 0 Å². The molecule has 0 atom stereocenters. The first-order valence-electron chi connectivity index (χ1n) is 8.61. The van der Waals surface area contributed by atoms with Gasteiger partial charge in [0.2, 0.25) is 18.6 Å². The number of carbonyl (C=O) groups excluding carboxylic acids is 3. The van der Waals surface area contributed by atoms with Crippen LogP contribution in [0.1, 0.15) is 10.4 Å². The molecule has 0 unspecified atom stereocenters. The molecule has 0 fully saturated rings. The zero-order valence-corrected chi connectivity index (χ0v) is 15.6. The molecular formula is C19H16F3N3O5. The van der Waals surface area contributed by atoms with Gasteiger partial charge in [-0.1, -0.05) is 0 Å². The van der Waals surface area contributed by atoms with Crippen LogP contribution in [0, 0.1) is 17.5 Å². The number of likely N-dealkylation sites (N-methyl/N-ethyl adjacent to an activating group) is 1. The van der Waals surface area contributed by atoms with E-state index in [9.17, 15) is 27.6 Å². The van der Waals surface area contributed by atoms with Gasteiger partial charge in [-0.05, 0) is 30.3 Å². The lowest BCUT2D eigenvalue weighted by Crippen LogP contribution is -2.41. The van der Waals surface area contributed by atoms with E-state index in [2.05, 4.69) is 10.6 Å². The van der Waals surface area contributed by atoms with Gasteiger partial charge in [0.05, 0.1) is 18.8 Å². The zero-order chi connectivity index (χ0) is 21.8. The molecule has 1 aliphatic heterocycles. The number of hydrogen-bond donors (Lipinski definition) is 2. The maximum atomic E-state index is 13.6. The van der Waals surface area contributed by atoms with Crippen LogP contribution in [-0.2, 0) is 9.59 Å². The molecule has 1 heterocycles. The van der Waals surface area contributed by atoms with Gasteiger partial charge in [0.15, 0.2) is 29.0 Å². The second kappa shape index (κ2) is 8.72. The van der Waals surface area contributed by atoms with Crippen molar-refractivity contribution >= 4 is 23.4 Å². The van der Waals surface area contributed by atoms with Crippen LogP contribution in [0.3, 0.4) is 0 Å². The molecule has 0 saturated carbocycles. The summed E-state index contributed by atoms with van der Waals surface area (Å²) in [5.41, 5.74) is -0.308. The third-order valence-corrected chi connectivity index (χ3v) is 4.15. The second-order valence-electron chi connectivity index (χ2n) is 6.27. The summed E-state index contributed by atoms with van der Waals surface area (Å²) < 4.78 is 50.0. The van der Waals surface area contributed by atoms with Crippen LogP contribution >= 0.6 is 0 Å². The van der Waals surface area contributed by atoms with E-state index in [0.717, 1.165) is 11.0 Å². The van der Waals surface area contributed by atoms with Gasteiger partial charge in [-0.3, -0.25) is 14.4 Å². The molecule has 0 saturated heterocycles. The second-order valence-corrected chi connectivity index (χ2v) is 6.27. The SMILES string of the molecule is CN(CC(=O)Nc1ccc(F)c(F)c1F)C(=O)CNC(=O)c1ccc2c(c1)OCO2. The lowest BCUT2D eigenvalue weighted by Gasteiger charge is -2.17. The number of halogens is 3. The third kappa shape index (κ3) is 4.62. The van der Waals surface area contributed by atoms with Crippen molar-refractivity contribution in [2.45, 2.75) is 0 Å². The Hall–Kier alpha value is -3.76. The Morgan fingerprint density at radius 1 is 1.03 bits per heavy atom. The Kier molecular flexibility index (Phi) is 6.09. The van der Waals surface area contributed by atoms with E-state index in [0.29, 0.717) is 17.6 Å². The fourth-order valence-corrected chi connectivity index (χ4v) is 2.55. The van der Waals surface area contributed by atoms with Crippen LogP contribution in [0.15, 0.2) is 30.3 Å². The number of ether oxygens (including phenoxy) is 2. The fraction of sp³-hybridized carbons (Fsp3) is 0.211. The van der Waals surface area contributed by atoms with Gasteiger partial charge >= 0.3 is 0 Å². The largest absolute Gasteiger partial charge is 0.454 e. The van der Waals surface area contributed by atoms with Crippen molar-refractivity contribution in [3.8, 4) is 11.5 Å². The lowest BCUT2D eigenvalue weighted by atomic mass is 10.2. The summed E-state index contributed by atoms with van der Waals surface area (Å²) in [6.45, 7) is -0.853. The molecule has 1 aliphatic rings. The fourth-order valence-electron chi connectivity index (χ4n) is 2.55. The van der Waals surface area contributed by atoms with Crippen LogP contribution in [0.25, 0.3) is 0 Å². The van der Waals surface area contributed by atoms with Crippen molar-refractivity contribution in [1.29, 1.82) is 0 Å². The van der Waals surface area contributed by atoms with E-state index in [4.69, 9.17) is 9.47 Å². The lowest BCUT2D eigenvalue weighted by molar-refractivity contribution is -0.132. The van der Waals surface area contributed by atoms with Gasteiger partial charge in [0.25, 0.3) is 5.91 Å². The van der Waals surface area contributed by atoms with Crippen molar-refractivity contribution in [3.05, 3.63) is 53.3 Å². The van der Waals surface area contributed by atoms with E-state index in [-0.39, 0.29) is 12.4 Å². The van der Waals surface area contributed by atoms with Gasteiger partial charge in [-0.25, -0.2) is 13.2 Å². The standard InChI is InChI=1S/C19H16F3N3O5/c1-25(8-15(26)24-12-4-3-11(20)17(21)18(12)22)16(27)7-23-19(28)10-2-5-13-14(6-10)30-9-29-13/h2-6H,7-9H2,1H3,(H,23,28)(H,24,26). The Morgan fingerprint density at radius 3 is 2.53 bits per heavy atom. The van der Waals surface area contributed by atoms with Gasteiger partial charge in [0, 0.05) is 12.6 Å². The average Bonchev–Trinajstić information content (AvgIpc) is 3.20. The minimum atomic E-state index is -1.72. The van der Waals surface area contributed by atoms with Crippen molar-refractivity contribution in [3.63, 3.8) is 0 Å². The molecule has 3 rings (SSSR count). The predicted octanol–water partition coefficient (Wildman–Crippen LogP) is 1.66. The van der Waals surface area contributed by atoms with Crippen molar-refractivity contribution in [1.82, 2.24) is 10.2 Å². The first-order valence-corrected chi connectivity index (χ1v) is 8.61. The van der Waals surface area contributed by atoms with Crippen LogP contribution in [0.5, 0.6) is 11.5 Å². The molecule has 3 amide bonds. The molecule has 2 aromatic rings. The topological polar surface area (TPSA) is 97.0 Å². The van der Waals surface area contributed by atoms with Crippen LogP contribution < -0.4 is 20.1 Å². The summed E-state index contributed by atoms with van der Waals surface area (Å²) in [6.07, 6.45) is 0. The number of anilines is 1. The number of hydrogen-bond acceptors (Lipinski definition) is 5. The summed E-state index contributed by atoms with van der Waals surface area (Å²) in [5, 5.41) is 4.46. The number of nitrogens with one attached hydrogen (secondary N) is 2. The van der Waals surface area contributed by atoms with Crippen molar-refractivity contribution < 1.29 is 37.0 Å². The highest BCUT2D eigenvalue weighted by atomic mass is 19.2. The summed E-state index contributed by atoms with van der Waals surface area (Å²) in [5.74, 6) is -5.72. The highest BCUT2D eigenvalue weighted by Gasteiger charge is 2.19. The minimum absolute atomic E-state index is 0.0558. The molecule has 0 radical (unpaired) electrons. The van der Waals surface area contributed by atoms with E-state index < -0.39 is 54.0 Å². The average molecular weight is 423 g/mol. The molecular weight excluding hydrogens is 407 g/mol. The summed E-state index contributed by atoms with van der Waals surface area (Å²) in [7, 11) is 1.29. The van der Waals surface area contributed by atoms with Gasteiger partial charge in [-0.2, -0.15) is 0 Å². The Morgan fingerprint density at radius 2 is 1.77 bits per heavy atom. The third-order valence-electron chi connectivity index (χ3n) is 4.15. The van der Waals surface area contributed by atoms with Crippen LogP contribution in [0.2, 0.25) is 0 Å².